The van der Waals surface area contributed by atoms with Gasteiger partial charge in [0.2, 0.25) is 11.8 Å². The van der Waals surface area contributed by atoms with Gasteiger partial charge in [-0.1, -0.05) is 12.1 Å². The molecule has 1 fully saturated rings. The van der Waals surface area contributed by atoms with E-state index in [0.717, 1.165) is 21.8 Å². The fourth-order valence-electron chi connectivity index (χ4n) is 2.94. The molecule has 0 bridgehead atoms. The van der Waals surface area contributed by atoms with Crippen LogP contribution >= 0.6 is 11.3 Å². The Hall–Kier alpha value is -2.21. The van der Waals surface area contributed by atoms with Crippen LogP contribution in [0.25, 0.3) is 0 Å². The van der Waals surface area contributed by atoms with Crippen molar-refractivity contribution in [2.45, 2.75) is 39.2 Å². The Morgan fingerprint density at radius 1 is 1.42 bits per heavy atom. The molecule has 0 radical (unpaired) electrons. The van der Waals surface area contributed by atoms with Gasteiger partial charge in [0.25, 0.3) is 0 Å². The van der Waals surface area contributed by atoms with Gasteiger partial charge in [0.05, 0.1) is 17.2 Å². The highest BCUT2D eigenvalue weighted by atomic mass is 32.1. The third-order valence-corrected chi connectivity index (χ3v) is 5.22. The highest BCUT2D eigenvalue weighted by Crippen LogP contribution is 2.22. The van der Waals surface area contributed by atoms with Crippen LogP contribution in [0, 0.1) is 13.8 Å². The Morgan fingerprint density at radius 3 is 2.96 bits per heavy atom. The van der Waals surface area contributed by atoms with E-state index < -0.39 is 0 Å². The van der Waals surface area contributed by atoms with Gasteiger partial charge in [0.1, 0.15) is 0 Å². The number of anilines is 1. The van der Waals surface area contributed by atoms with Crippen LogP contribution in [0.3, 0.4) is 0 Å². The average Bonchev–Trinajstić information content (AvgIpc) is 3.11. The fraction of sp³-hybridized carbons (Fsp3) is 0.389. The molecule has 1 N–H and O–H groups in total. The number of hydrogen-bond acceptors (Lipinski definition) is 4. The van der Waals surface area contributed by atoms with Crippen LogP contribution in [0.2, 0.25) is 0 Å². The minimum Gasteiger partial charge on any atom is -0.351 e. The zero-order chi connectivity index (χ0) is 17.1. The molecule has 2 heterocycles. The van der Waals surface area contributed by atoms with E-state index in [0.29, 0.717) is 25.8 Å². The Kier molecular flexibility index (Phi) is 4.94. The summed E-state index contributed by atoms with van der Waals surface area (Å²) in [6.45, 7) is 4.50. The molecule has 0 spiro atoms. The number of aryl methyl sites for hydroxylation is 3. The minimum atomic E-state index is -0.118. The summed E-state index contributed by atoms with van der Waals surface area (Å²) in [5.41, 5.74) is 4.82. The largest absolute Gasteiger partial charge is 0.351 e. The predicted molar refractivity (Wildman–Crippen MR) is 95.3 cm³/mol. The van der Waals surface area contributed by atoms with E-state index in [2.05, 4.69) is 10.3 Å². The lowest BCUT2D eigenvalue weighted by Crippen LogP contribution is -2.37. The van der Waals surface area contributed by atoms with Gasteiger partial charge in [-0.3, -0.25) is 9.59 Å². The van der Waals surface area contributed by atoms with Gasteiger partial charge in [0.15, 0.2) is 0 Å². The lowest BCUT2D eigenvalue weighted by Gasteiger charge is -2.17. The number of nitrogens with zero attached hydrogens (tertiary/aromatic N) is 2. The Bertz CT molecular complexity index is 756. The van der Waals surface area contributed by atoms with Crippen molar-refractivity contribution in [3.63, 3.8) is 0 Å². The molecule has 5 nitrogen and oxygen atoms in total. The van der Waals surface area contributed by atoms with Gasteiger partial charge in [-0.2, -0.15) is 0 Å². The first-order chi connectivity index (χ1) is 11.5. The monoisotopic (exact) mass is 343 g/mol. The normalized spacial score (nSPS) is 17.3. The van der Waals surface area contributed by atoms with Crippen molar-refractivity contribution >= 4 is 28.8 Å². The van der Waals surface area contributed by atoms with Crippen molar-refractivity contribution < 1.29 is 9.59 Å². The van der Waals surface area contributed by atoms with Gasteiger partial charge >= 0.3 is 0 Å². The summed E-state index contributed by atoms with van der Waals surface area (Å²) >= 11 is 1.58. The summed E-state index contributed by atoms with van der Waals surface area (Å²) in [6, 6.07) is 7.76. The lowest BCUT2D eigenvalue weighted by molar-refractivity contribution is -0.121. The summed E-state index contributed by atoms with van der Waals surface area (Å²) in [5, 5.41) is 2.99. The first kappa shape index (κ1) is 16.6. The Balaban J connectivity index is 1.54. The highest BCUT2D eigenvalue weighted by molar-refractivity contribution is 7.09. The molecule has 2 amide bonds. The molecular weight excluding hydrogens is 322 g/mol. The lowest BCUT2D eigenvalue weighted by atomic mass is 10.2. The average molecular weight is 343 g/mol. The van der Waals surface area contributed by atoms with Crippen LogP contribution in [0.1, 0.15) is 29.0 Å². The second-order valence-electron chi connectivity index (χ2n) is 6.17. The van der Waals surface area contributed by atoms with E-state index in [1.807, 2.05) is 38.1 Å². The van der Waals surface area contributed by atoms with Gasteiger partial charge < -0.3 is 10.2 Å². The van der Waals surface area contributed by atoms with E-state index in [1.165, 1.54) is 0 Å². The number of benzene rings is 1. The number of nitrogens with one attached hydrogen (secondary N) is 1. The van der Waals surface area contributed by atoms with Crippen molar-refractivity contribution in [2.75, 3.05) is 11.4 Å². The molecule has 1 aromatic heterocycles. The molecule has 1 aliphatic rings. The first-order valence-corrected chi connectivity index (χ1v) is 8.96. The van der Waals surface area contributed by atoms with Crippen LogP contribution in [0.4, 0.5) is 5.69 Å². The quantitative estimate of drug-likeness (QED) is 0.908. The van der Waals surface area contributed by atoms with Gasteiger partial charge in [-0.25, -0.2) is 4.98 Å². The van der Waals surface area contributed by atoms with E-state index in [-0.39, 0.29) is 17.9 Å². The van der Waals surface area contributed by atoms with Crippen molar-refractivity contribution in [2.24, 2.45) is 0 Å². The third-order valence-electron chi connectivity index (χ3n) is 4.23. The molecule has 126 valence electrons. The first-order valence-electron chi connectivity index (χ1n) is 8.08. The molecule has 1 unspecified atom stereocenters. The number of hydrogen-bond donors (Lipinski definition) is 1. The Morgan fingerprint density at radius 2 is 2.25 bits per heavy atom. The zero-order valence-corrected chi connectivity index (χ0v) is 14.7. The molecule has 0 aliphatic carbocycles. The summed E-state index contributed by atoms with van der Waals surface area (Å²) < 4.78 is 0. The second-order valence-corrected chi connectivity index (χ2v) is 7.11. The molecule has 2 aromatic rings. The van der Waals surface area contributed by atoms with E-state index >= 15 is 0 Å². The molecule has 1 aliphatic heterocycles. The molecule has 3 rings (SSSR count). The maximum Gasteiger partial charge on any atom is 0.229 e. The summed E-state index contributed by atoms with van der Waals surface area (Å²) in [4.78, 5) is 31.5. The SMILES string of the molecule is Cc1cccc(N2CC(NC(=O)CCc3scnc3C)CC2=O)c1. The number of thiazole rings is 1. The number of carbonyl (C=O) groups is 2. The summed E-state index contributed by atoms with van der Waals surface area (Å²) in [6.07, 6.45) is 1.49. The second kappa shape index (κ2) is 7.13. The van der Waals surface area contributed by atoms with Crippen LogP contribution in [0.15, 0.2) is 29.8 Å². The van der Waals surface area contributed by atoms with Crippen LogP contribution < -0.4 is 10.2 Å². The number of aromatic nitrogens is 1. The van der Waals surface area contributed by atoms with Crippen molar-refractivity contribution in [1.29, 1.82) is 0 Å². The van der Waals surface area contributed by atoms with Gasteiger partial charge in [0, 0.05) is 30.0 Å². The summed E-state index contributed by atoms with van der Waals surface area (Å²) in [5.74, 6) is 0.0518. The van der Waals surface area contributed by atoms with Gasteiger partial charge in [-0.05, 0) is 38.0 Å². The molecule has 1 atom stereocenters. The molecule has 6 heteroatoms. The molecular formula is C18H21N3O2S. The predicted octanol–water partition coefficient (Wildman–Crippen LogP) is 2.61. The number of rotatable bonds is 5. The van der Waals surface area contributed by atoms with Crippen LogP contribution in [-0.4, -0.2) is 29.4 Å². The Labute approximate surface area is 145 Å². The van der Waals surface area contributed by atoms with E-state index in [4.69, 9.17) is 0 Å². The van der Waals surface area contributed by atoms with Crippen LogP contribution in [-0.2, 0) is 16.0 Å². The molecule has 24 heavy (non-hydrogen) atoms. The fourth-order valence-corrected chi connectivity index (χ4v) is 3.72. The minimum absolute atomic E-state index is 0.00769. The maximum atomic E-state index is 12.2. The number of carbonyl (C=O) groups excluding carboxylic acids is 2. The van der Waals surface area contributed by atoms with E-state index in [1.54, 1.807) is 21.7 Å². The van der Waals surface area contributed by atoms with Crippen LogP contribution in [0.5, 0.6) is 0 Å². The number of amides is 2. The molecule has 1 saturated heterocycles. The topological polar surface area (TPSA) is 62.3 Å². The van der Waals surface area contributed by atoms with Crippen molar-refractivity contribution in [3.05, 3.63) is 45.9 Å². The van der Waals surface area contributed by atoms with E-state index in [9.17, 15) is 9.59 Å². The summed E-state index contributed by atoms with van der Waals surface area (Å²) in [7, 11) is 0. The standard InChI is InChI=1S/C18H21N3O2S/c1-12-4-3-5-15(8-12)21-10-14(9-18(21)23)20-17(22)7-6-16-13(2)19-11-24-16/h3-5,8,11,14H,6-7,9-10H2,1-2H3,(H,20,22). The zero-order valence-electron chi connectivity index (χ0n) is 13.9. The maximum absolute atomic E-state index is 12.2. The van der Waals surface area contributed by atoms with Crippen molar-refractivity contribution in [3.8, 4) is 0 Å². The third kappa shape index (κ3) is 3.82. The van der Waals surface area contributed by atoms with Crippen molar-refractivity contribution in [1.82, 2.24) is 10.3 Å². The smallest absolute Gasteiger partial charge is 0.229 e. The molecule has 1 aromatic carbocycles. The highest BCUT2D eigenvalue weighted by Gasteiger charge is 2.31. The van der Waals surface area contributed by atoms with Gasteiger partial charge in [-0.15, -0.1) is 11.3 Å². The molecule has 0 saturated carbocycles.